The first-order valence-electron chi connectivity index (χ1n) is 6.65. The van der Waals surface area contributed by atoms with Gasteiger partial charge in [0.1, 0.15) is 5.69 Å². The van der Waals surface area contributed by atoms with Gasteiger partial charge in [0.05, 0.1) is 0 Å². The van der Waals surface area contributed by atoms with Crippen molar-refractivity contribution in [2.24, 2.45) is 0 Å². The number of aromatic nitrogens is 1. The third-order valence-electron chi connectivity index (χ3n) is 3.46. The molecule has 0 spiro atoms. The molecule has 1 aromatic carbocycles. The minimum absolute atomic E-state index is 0.0851. The van der Waals surface area contributed by atoms with E-state index in [0.717, 1.165) is 15.7 Å². The van der Waals surface area contributed by atoms with Crippen LogP contribution in [0.1, 0.15) is 41.5 Å². The SMILES string of the molecule is Cc1cccc(NC(=O)c2cc(Br)cn2C(C)C)c1C. The minimum Gasteiger partial charge on any atom is -0.340 e. The van der Waals surface area contributed by atoms with E-state index in [1.807, 2.05) is 48.9 Å². The number of carbonyl (C=O) groups excluding carboxylic acids is 1. The number of rotatable bonds is 3. The van der Waals surface area contributed by atoms with E-state index in [0.29, 0.717) is 5.69 Å². The van der Waals surface area contributed by atoms with Crippen LogP contribution in [0.4, 0.5) is 5.69 Å². The van der Waals surface area contributed by atoms with E-state index >= 15 is 0 Å². The van der Waals surface area contributed by atoms with Crippen molar-refractivity contribution in [2.75, 3.05) is 5.32 Å². The highest BCUT2D eigenvalue weighted by Gasteiger charge is 2.16. The molecule has 0 unspecified atom stereocenters. The molecule has 0 bridgehead atoms. The van der Waals surface area contributed by atoms with Crippen molar-refractivity contribution >= 4 is 27.5 Å². The molecule has 0 fully saturated rings. The highest BCUT2D eigenvalue weighted by Crippen LogP contribution is 2.22. The fourth-order valence-electron chi connectivity index (χ4n) is 2.13. The molecule has 0 aliphatic rings. The summed E-state index contributed by atoms with van der Waals surface area (Å²) in [5, 5.41) is 3.00. The van der Waals surface area contributed by atoms with Crippen LogP contribution in [0.5, 0.6) is 0 Å². The van der Waals surface area contributed by atoms with Crippen molar-refractivity contribution in [3.05, 3.63) is 51.8 Å². The molecule has 0 atom stereocenters. The molecule has 20 heavy (non-hydrogen) atoms. The van der Waals surface area contributed by atoms with Gasteiger partial charge in [0.2, 0.25) is 0 Å². The van der Waals surface area contributed by atoms with Crippen LogP contribution in [0.25, 0.3) is 0 Å². The molecular weight excluding hydrogens is 316 g/mol. The van der Waals surface area contributed by atoms with E-state index < -0.39 is 0 Å². The molecule has 1 amide bonds. The molecule has 1 aromatic heterocycles. The first kappa shape index (κ1) is 14.9. The number of halogens is 1. The second-order valence-electron chi connectivity index (χ2n) is 5.25. The van der Waals surface area contributed by atoms with Crippen molar-refractivity contribution < 1.29 is 4.79 Å². The van der Waals surface area contributed by atoms with Crippen molar-refractivity contribution in [3.8, 4) is 0 Å². The highest BCUT2D eigenvalue weighted by molar-refractivity contribution is 9.10. The van der Waals surface area contributed by atoms with E-state index in [1.54, 1.807) is 0 Å². The number of nitrogens with zero attached hydrogens (tertiary/aromatic N) is 1. The van der Waals surface area contributed by atoms with Crippen LogP contribution in [0.3, 0.4) is 0 Å². The van der Waals surface area contributed by atoms with E-state index in [1.165, 1.54) is 5.56 Å². The minimum atomic E-state index is -0.0851. The van der Waals surface area contributed by atoms with E-state index in [2.05, 4.69) is 35.1 Å². The summed E-state index contributed by atoms with van der Waals surface area (Å²) in [6.45, 7) is 8.17. The molecule has 0 saturated heterocycles. The quantitative estimate of drug-likeness (QED) is 0.867. The van der Waals surface area contributed by atoms with Gasteiger partial charge in [-0.2, -0.15) is 0 Å². The maximum atomic E-state index is 12.5. The Balaban J connectivity index is 2.31. The zero-order valence-electron chi connectivity index (χ0n) is 12.2. The fourth-order valence-corrected chi connectivity index (χ4v) is 2.57. The van der Waals surface area contributed by atoms with Crippen molar-refractivity contribution in [1.82, 2.24) is 4.57 Å². The number of anilines is 1. The van der Waals surface area contributed by atoms with Gasteiger partial charge in [-0.1, -0.05) is 12.1 Å². The predicted octanol–water partition coefficient (Wildman–Crippen LogP) is 4.70. The van der Waals surface area contributed by atoms with Gasteiger partial charge in [0.25, 0.3) is 5.91 Å². The van der Waals surface area contributed by atoms with Crippen LogP contribution < -0.4 is 5.32 Å². The van der Waals surface area contributed by atoms with Crippen LogP contribution in [0.2, 0.25) is 0 Å². The molecule has 2 rings (SSSR count). The number of hydrogen-bond donors (Lipinski definition) is 1. The summed E-state index contributed by atoms with van der Waals surface area (Å²) in [6.07, 6.45) is 1.93. The van der Waals surface area contributed by atoms with Crippen LogP contribution in [-0.2, 0) is 0 Å². The van der Waals surface area contributed by atoms with Gasteiger partial charge in [-0.15, -0.1) is 0 Å². The van der Waals surface area contributed by atoms with E-state index in [-0.39, 0.29) is 11.9 Å². The monoisotopic (exact) mass is 334 g/mol. The lowest BCUT2D eigenvalue weighted by molar-refractivity contribution is 0.101. The Morgan fingerprint density at radius 2 is 2.00 bits per heavy atom. The first-order chi connectivity index (χ1) is 9.40. The van der Waals surface area contributed by atoms with Gasteiger partial charge >= 0.3 is 0 Å². The second-order valence-corrected chi connectivity index (χ2v) is 6.16. The summed E-state index contributed by atoms with van der Waals surface area (Å²) in [6, 6.07) is 8.01. The van der Waals surface area contributed by atoms with E-state index in [4.69, 9.17) is 0 Å². The standard InChI is InChI=1S/C16H19BrN2O/c1-10(2)19-9-13(17)8-15(19)16(20)18-14-7-5-6-11(3)12(14)4/h5-10H,1-4H3,(H,18,20). The van der Waals surface area contributed by atoms with Crippen LogP contribution in [0, 0.1) is 13.8 Å². The largest absolute Gasteiger partial charge is 0.340 e. The Hall–Kier alpha value is -1.55. The third kappa shape index (κ3) is 2.96. The summed E-state index contributed by atoms with van der Waals surface area (Å²) in [7, 11) is 0. The molecule has 4 heteroatoms. The maximum absolute atomic E-state index is 12.5. The topological polar surface area (TPSA) is 34.0 Å². The predicted molar refractivity (Wildman–Crippen MR) is 86.4 cm³/mol. The van der Waals surface area contributed by atoms with Gasteiger partial charge in [-0.05, 0) is 66.9 Å². The number of amides is 1. The summed E-state index contributed by atoms with van der Waals surface area (Å²) in [5.74, 6) is -0.0851. The van der Waals surface area contributed by atoms with Crippen molar-refractivity contribution in [3.63, 3.8) is 0 Å². The maximum Gasteiger partial charge on any atom is 0.272 e. The van der Waals surface area contributed by atoms with Gasteiger partial charge in [-0.25, -0.2) is 0 Å². The lowest BCUT2D eigenvalue weighted by atomic mass is 10.1. The fraction of sp³-hybridized carbons (Fsp3) is 0.312. The van der Waals surface area contributed by atoms with Crippen LogP contribution in [0.15, 0.2) is 34.9 Å². The average molecular weight is 335 g/mol. The Morgan fingerprint density at radius 3 is 2.65 bits per heavy atom. The Bertz CT molecular complexity index is 644. The Morgan fingerprint density at radius 1 is 1.30 bits per heavy atom. The molecule has 0 saturated carbocycles. The zero-order chi connectivity index (χ0) is 14.9. The van der Waals surface area contributed by atoms with Gasteiger partial charge < -0.3 is 9.88 Å². The van der Waals surface area contributed by atoms with Gasteiger partial charge in [0, 0.05) is 22.4 Å². The van der Waals surface area contributed by atoms with Gasteiger partial charge in [-0.3, -0.25) is 4.79 Å². The van der Waals surface area contributed by atoms with E-state index in [9.17, 15) is 4.79 Å². The molecule has 106 valence electrons. The second kappa shape index (κ2) is 5.83. The number of carbonyl (C=O) groups is 1. The van der Waals surface area contributed by atoms with Gasteiger partial charge in [0.15, 0.2) is 0 Å². The molecule has 2 aromatic rings. The molecule has 3 nitrogen and oxygen atoms in total. The number of nitrogens with one attached hydrogen (secondary N) is 1. The lowest BCUT2D eigenvalue weighted by Crippen LogP contribution is -2.18. The van der Waals surface area contributed by atoms with Crippen molar-refractivity contribution in [1.29, 1.82) is 0 Å². The molecule has 1 N–H and O–H groups in total. The Labute approximate surface area is 128 Å². The molecule has 1 heterocycles. The number of benzene rings is 1. The number of hydrogen-bond acceptors (Lipinski definition) is 1. The Kier molecular flexibility index (Phi) is 4.33. The smallest absolute Gasteiger partial charge is 0.272 e. The average Bonchev–Trinajstić information content (AvgIpc) is 2.77. The number of aryl methyl sites for hydroxylation is 1. The molecule has 0 aliphatic heterocycles. The first-order valence-corrected chi connectivity index (χ1v) is 7.44. The summed E-state index contributed by atoms with van der Waals surface area (Å²) < 4.78 is 2.88. The summed E-state index contributed by atoms with van der Waals surface area (Å²) in [4.78, 5) is 12.5. The lowest BCUT2D eigenvalue weighted by Gasteiger charge is -2.14. The van der Waals surface area contributed by atoms with Crippen LogP contribution in [-0.4, -0.2) is 10.5 Å². The molecular formula is C16H19BrN2O. The summed E-state index contributed by atoms with van der Waals surface area (Å²) in [5.41, 5.74) is 3.79. The molecule has 0 aliphatic carbocycles. The van der Waals surface area contributed by atoms with Crippen LogP contribution >= 0.6 is 15.9 Å². The van der Waals surface area contributed by atoms with Crippen molar-refractivity contribution in [2.45, 2.75) is 33.7 Å². The third-order valence-corrected chi connectivity index (χ3v) is 3.89. The normalized spacial score (nSPS) is 10.9. The highest BCUT2D eigenvalue weighted by atomic mass is 79.9. The summed E-state index contributed by atoms with van der Waals surface area (Å²) >= 11 is 3.43. The molecule has 0 radical (unpaired) electrons. The zero-order valence-corrected chi connectivity index (χ0v) is 13.8.